The molecule has 2 heterocycles. The number of benzene rings is 2. The van der Waals surface area contributed by atoms with Gasteiger partial charge in [0.25, 0.3) is 0 Å². The lowest BCUT2D eigenvalue weighted by molar-refractivity contribution is 0.122. The largest absolute Gasteiger partial charge is 0.378 e. The predicted molar refractivity (Wildman–Crippen MR) is 105 cm³/mol. The fourth-order valence-electron chi connectivity index (χ4n) is 2.96. The minimum atomic E-state index is 0.743. The molecular weight excluding hydrogens is 342 g/mol. The van der Waals surface area contributed by atoms with Crippen LogP contribution in [-0.2, 0) is 11.2 Å². The van der Waals surface area contributed by atoms with Crippen molar-refractivity contribution < 1.29 is 4.74 Å². The summed E-state index contributed by atoms with van der Waals surface area (Å²) in [7, 11) is 0. The van der Waals surface area contributed by atoms with Gasteiger partial charge in [-0.2, -0.15) is 0 Å². The van der Waals surface area contributed by atoms with Gasteiger partial charge in [0.05, 0.1) is 13.2 Å². The van der Waals surface area contributed by atoms with Crippen LogP contribution in [0.3, 0.4) is 0 Å². The smallest absolute Gasteiger partial charge is 0.133 e. The summed E-state index contributed by atoms with van der Waals surface area (Å²) < 4.78 is 5.42. The first-order chi connectivity index (χ1) is 12.9. The minimum Gasteiger partial charge on any atom is -0.378 e. The second-order valence-electron chi connectivity index (χ2n) is 6.17. The van der Waals surface area contributed by atoms with Crippen LogP contribution in [0.1, 0.15) is 11.4 Å². The topological polar surface area (TPSA) is 38.2 Å². The molecule has 1 aliphatic heterocycles. The van der Waals surface area contributed by atoms with Crippen molar-refractivity contribution in [1.82, 2.24) is 9.97 Å². The van der Waals surface area contributed by atoms with E-state index in [0.717, 1.165) is 43.6 Å². The zero-order valence-electron chi connectivity index (χ0n) is 14.5. The zero-order chi connectivity index (χ0) is 17.6. The molecule has 5 heteroatoms. The summed E-state index contributed by atoms with van der Waals surface area (Å²) in [5.74, 6) is 0.852. The summed E-state index contributed by atoms with van der Waals surface area (Å²) in [5, 5.41) is 0.978. The number of morpholine rings is 1. The highest BCUT2D eigenvalue weighted by Gasteiger charge is 2.11. The molecule has 3 aromatic rings. The van der Waals surface area contributed by atoms with Crippen molar-refractivity contribution in [2.24, 2.45) is 0 Å². The molecule has 1 aromatic heterocycles. The van der Waals surface area contributed by atoms with Crippen LogP contribution in [-0.4, -0.2) is 36.3 Å². The van der Waals surface area contributed by atoms with Gasteiger partial charge in [-0.15, -0.1) is 0 Å². The van der Waals surface area contributed by atoms with E-state index in [1.54, 1.807) is 11.8 Å². The Morgan fingerprint density at radius 3 is 2.46 bits per heavy atom. The third-order valence-corrected chi connectivity index (χ3v) is 5.26. The van der Waals surface area contributed by atoms with Gasteiger partial charge in [0, 0.05) is 36.3 Å². The van der Waals surface area contributed by atoms with E-state index in [1.165, 1.54) is 16.1 Å². The van der Waals surface area contributed by atoms with E-state index in [2.05, 4.69) is 46.3 Å². The van der Waals surface area contributed by atoms with Crippen molar-refractivity contribution in [2.75, 3.05) is 31.2 Å². The Labute approximate surface area is 158 Å². The number of anilines is 1. The number of ether oxygens (including phenoxy) is 1. The van der Waals surface area contributed by atoms with E-state index in [0.29, 0.717) is 0 Å². The molecule has 0 radical (unpaired) electrons. The highest BCUT2D eigenvalue weighted by Crippen LogP contribution is 2.25. The van der Waals surface area contributed by atoms with Crippen LogP contribution in [0.25, 0.3) is 0 Å². The highest BCUT2D eigenvalue weighted by molar-refractivity contribution is 7.99. The van der Waals surface area contributed by atoms with E-state index >= 15 is 0 Å². The predicted octanol–water partition coefficient (Wildman–Crippen LogP) is 4.06. The molecule has 0 N–H and O–H groups in total. The first-order valence-corrected chi connectivity index (χ1v) is 9.65. The van der Waals surface area contributed by atoms with Crippen LogP contribution in [0.4, 0.5) is 5.69 Å². The molecule has 4 nitrogen and oxygen atoms in total. The molecule has 0 amide bonds. The maximum absolute atomic E-state index is 5.42. The summed E-state index contributed by atoms with van der Waals surface area (Å²) in [6, 6.07) is 21.0. The Hall–Kier alpha value is -2.37. The van der Waals surface area contributed by atoms with Crippen LogP contribution in [0.15, 0.2) is 76.8 Å². The van der Waals surface area contributed by atoms with Crippen molar-refractivity contribution >= 4 is 17.4 Å². The minimum absolute atomic E-state index is 0.743. The van der Waals surface area contributed by atoms with Crippen molar-refractivity contribution in [3.63, 3.8) is 0 Å². The molecule has 0 atom stereocenters. The average molecular weight is 363 g/mol. The fourth-order valence-corrected chi connectivity index (χ4v) is 3.78. The van der Waals surface area contributed by atoms with Gasteiger partial charge >= 0.3 is 0 Å². The second-order valence-corrected chi connectivity index (χ2v) is 7.26. The summed E-state index contributed by atoms with van der Waals surface area (Å²) in [4.78, 5) is 12.7. The molecule has 132 valence electrons. The fraction of sp³-hybridized carbons (Fsp3) is 0.238. The first kappa shape index (κ1) is 17.1. The van der Waals surface area contributed by atoms with E-state index in [9.17, 15) is 0 Å². The van der Waals surface area contributed by atoms with Gasteiger partial charge in [-0.1, -0.05) is 42.1 Å². The molecule has 0 spiro atoms. The lowest BCUT2D eigenvalue weighted by atomic mass is 10.1. The zero-order valence-corrected chi connectivity index (χ0v) is 15.4. The first-order valence-electron chi connectivity index (χ1n) is 8.83. The van der Waals surface area contributed by atoms with Crippen molar-refractivity contribution in [1.29, 1.82) is 0 Å². The van der Waals surface area contributed by atoms with E-state index in [-0.39, 0.29) is 0 Å². The molecule has 4 rings (SSSR count). The van der Waals surface area contributed by atoms with Crippen molar-refractivity contribution in [2.45, 2.75) is 16.3 Å². The van der Waals surface area contributed by atoms with Crippen LogP contribution in [0.2, 0.25) is 0 Å². The maximum atomic E-state index is 5.42. The number of hydrogen-bond donors (Lipinski definition) is 0. The van der Waals surface area contributed by atoms with Crippen LogP contribution in [0, 0.1) is 0 Å². The Bertz CT molecular complexity index is 833. The quantitative estimate of drug-likeness (QED) is 0.639. The Kier molecular flexibility index (Phi) is 5.47. The highest BCUT2D eigenvalue weighted by atomic mass is 32.2. The third kappa shape index (κ3) is 4.42. The monoisotopic (exact) mass is 363 g/mol. The molecule has 0 aliphatic carbocycles. The van der Waals surface area contributed by atoms with Gasteiger partial charge < -0.3 is 9.64 Å². The third-order valence-electron chi connectivity index (χ3n) is 4.32. The number of nitrogens with zero attached hydrogens (tertiary/aromatic N) is 3. The van der Waals surface area contributed by atoms with Gasteiger partial charge in [0.1, 0.15) is 10.9 Å². The van der Waals surface area contributed by atoms with E-state index in [1.807, 2.05) is 30.5 Å². The summed E-state index contributed by atoms with van der Waals surface area (Å²) in [6.45, 7) is 3.53. The van der Waals surface area contributed by atoms with Crippen LogP contribution in [0.5, 0.6) is 0 Å². The molecule has 1 fully saturated rings. The van der Waals surface area contributed by atoms with Gasteiger partial charge in [-0.3, -0.25) is 0 Å². The number of rotatable bonds is 5. The maximum Gasteiger partial charge on any atom is 0.133 e. The van der Waals surface area contributed by atoms with Crippen molar-refractivity contribution in [3.8, 4) is 0 Å². The summed E-state index contributed by atoms with van der Waals surface area (Å²) >= 11 is 1.66. The van der Waals surface area contributed by atoms with Crippen LogP contribution >= 0.6 is 11.8 Å². The standard InChI is InChI=1S/C21H21N3OS/c1-2-4-19(5-3-1)26-21-10-11-22-20(23-21)16-17-6-8-18(9-7-17)24-12-14-25-15-13-24/h1-11H,12-16H2. The Morgan fingerprint density at radius 2 is 1.69 bits per heavy atom. The van der Waals surface area contributed by atoms with Crippen LogP contribution < -0.4 is 4.90 Å². The summed E-state index contributed by atoms with van der Waals surface area (Å²) in [5.41, 5.74) is 2.48. The molecule has 0 unspecified atom stereocenters. The van der Waals surface area contributed by atoms with Gasteiger partial charge in [0.15, 0.2) is 0 Å². The van der Waals surface area contributed by atoms with Gasteiger partial charge in [-0.25, -0.2) is 9.97 Å². The number of hydrogen-bond acceptors (Lipinski definition) is 5. The van der Waals surface area contributed by atoms with Gasteiger partial charge in [-0.05, 0) is 35.9 Å². The molecular formula is C21H21N3OS. The molecule has 2 aromatic carbocycles. The molecule has 0 saturated carbocycles. The van der Waals surface area contributed by atoms with Crippen molar-refractivity contribution in [3.05, 3.63) is 78.2 Å². The lowest BCUT2D eigenvalue weighted by Crippen LogP contribution is -2.36. The Morgan fingerprint density at radius 1 is 0.923 bits per heavy atom. The average Bonchev–Trinajstić information content (AvgIpc) is 2.70. The normalized spacial score (nSPS) is 14.4. The lowest BCUT2D eigenvalue weighted by Gasteiger charge is -2.28. The van der Waals surface area contributed by atoms with E-state index in [4.69, 9.17) is 9.72 Å². The number of aromatic nitrogens is 2. The second kappa shape index (κ2) is 8.34. The SMILES string of the molecule is c1ccc(Sc2ccnc(Cc3ccc(N4CCOCC4)cc3)n2)cc1. The molecule has 26 heavy (non-hydrogen) atoms. The molecule has 1 saturated heterocycles. The Balaban J connectivity index is 1.43. The van der Waals surface area contributed by atoms with E-state index < -0.39 is 0 Å². The molecule has 0 bridgehead atoms. The molecule has 1 aliphatic rings. The van der Waals surface area contributed by atoms with Gasteiger partial charge in [0.2, 0.25) is 0 Å². The summed E-state index contributed by atoms with van der Waals surface area (Å²) in [6.07, 6.45) is 2.59.